The quantitative estimate of drug-likeness (QED) is 0.734. The second-order valence-corrected chi connectivity index (χ2v) is 5.49. The van der Waals surface area contributed by atoms with Crippen molar-refractivity contribution in [1.29, 1.82) is 0 Å². The van der Waals surface area contributed by atoms with Crippen molar-refractivity contribution in [2.75, 3.05) is 13.2 Å². The topological polar surface area (TPSA) is 52.2 Å². The fourth-order valence-corrected chi connectivity index (χ4v) is 2.70. The summed E-state index contributed by atoms with van der Waals surface area (Å²) in [5.41, 5.74) is 3.26. The summed E-state index contributed by atoms with van der Waals surface area (Å²) in [6, 6.07) is 18.5. The van der Waals surface area contributed by atoms with Gasteiger partial charge in [0.05, 0.1) is 23.7 Å². The number of benzene rings is 2. The minimum absolute atomic E-state index is 0.111. The highest BCUT2D eigenvalue weighted by Crippen LogP contribution is 2.22. The van der Waals surface area contributed by atoms with Gasteiger partial charge in [-0.1, -0.05) is 42.5 Å². The third-order valence-corrected chi connectivity index (χ3v) is 3.97. The van der Waals surface area contributed by atoms with E-state index in [0.29, 0.717) is 6.54 Å². The molecule has 0 aliphatic carbocycles. The Morgan fingerprint density at radius 2 is 1.82 bits per heavy atom. The van der Waals surface area contributed by atoms with Crippen LogP contribution in [0.3, 0.4) is 0 Å². The Kier molecular flexibility index (Phi) is 4.51. The van der Waals surface area contributed by atoms with Crippen molar-refractivity contribution < 1.29 is 5.11 Å². The van der Waals surface area contributed by atoms with E-state index in [1.165, 1.54) is 5.56 Å². The first-order chi connectivity index (χ1) is 10.8. The first-order valence-corrected chi connectivity index (χ1v) is 7.61. The maximum absolute atomic E-state index is 9.38. The molecule has 0 bridgehead atoms. The van der Waals surface area contributed by atoms with Crippen molar-refractivity contribution >= 4 is 11.0 Å². The van der Waals surface area contributed by atoms with Crippen LogP contribution in [0.4, 0.5) is 0 Å². The SMILES string of the molecule is CC(c1nc2ccccc2[nH]1)N(CCO)Cc1ccccc1. The summed E-state index contributed by atoms with van der Waals surface area (Å²) in [6.45, 7) is 3.67. The van der Waals surface area contributed by atoms with Gasteiger partial charge >= 0.3 is 0 Å². The van der Waals surface area contributed by atoms with Gasteiger partial charge < -0.3 is 10.1 Å². The van der Waals surface area contributed by atoms with Crippen LogP contribution in [-0.4, -0.2) is 33.1 Å². The van der Waals surface area contributed by atoms with Gasteiger partial charge in [0.25, 0.3) is 0 Å². The monoisotopic (exact) mass is 295 g/mol. The molecule has 114 valence electrons. The first kappa shape index (κ1) is 14.8. The molecule has 3 aromatic rings. The number of aromatic amines is 1. The zero-order chi connectivity index (χ0) is 15.4. The Hall–Kier alpha value is -2.17. The number of rotatable bonds is 6. The van der Waals surface area contributed by atoms with Crippen LogP contribution in [0.15, 0.2) is 54.6 Å². The zero-order valence-electron chi connectivity index (χ0n) is 12.7. The standard InChI is InChI=1S/C18H21N3O/c1-14(18-19-16-9-5-6-10-17(16)20-18)21(11-12-22)13-15-7-3-2-4-8-15/h2-10,14,22H,11-13H2,1H3,(H,19,20). The summed E-state index contributed by atoms with van der Waals surface area (Å²) < 4.78 is 0. The molecule has 22 heavy (non-hydrogen) atoms. The number of H-pyrrole nitrogens is 1. The Morgan fingerprint density at radius 3 is 2.55 bits per heavy atom. The molecular formula is C18H21N3O. The number of aromatic nitrogens is 2. The molecule has 0 radical (unpaired) electrons. The Labute approximate surface area is 130 Å². The van der Waals surface area contributed by atoms with E-state index in [-0.39, 0.29) is 12.6 Å². The van der Waals surface area contributed by atoms with Crippen molar-refractivity contribution in [3.8, 4) is 0 Å². The van der Waals surface area contributed by atoms with Gasteiger partial charge in [0, 0.05) is 13.1 Å². The van der Waals surface area contributed by atoms with E-state index >= 15 is 0 Å². The molecule has 4 heteroatoms. The number of imidazole rings is 1. The van der Waals surface area contributed by atoms with Crippen LogP contribution in [0.1, 0.15) is 24.4 Å². The summed E-state index contributed by atoms with van der Waals surface area (Å²) in [4.78, 5) is 10.3. The summed E-state index contributed by atoms with van der Waals surface area (Å²) in [5, 5.41) is 9.38. The van der Waals surface area contributed by atoms with Gasteiger partial charge in [-0.05, 0) is 24.6 Å². The Balaban J connectivity index is 1.83. The number of aliphatic hydroxyl groups is 1. The number of para-hydroxylation sites is 2. The van der Waals surface area contributed by atoms with Crippen LogP contribution in [0.25, 0.3) is 11.0 Å². The molecule has 0 aliphatic rings. The molecule has 0 amide bonds. The van der Waals surface area contributed by atoms with Crippen molar-refractivity contribution in [1.82, 2.24) is 14.9 Å². The highest BCUT2D eigenvalue weighted by molar-refractivity contribution is 5.74. The maximum Gasteiger partial charge on any atom is 0.124 e. The van der Waals surface area contributed by atoms with Gasteiger partial charge in [0.15, 0.2) is 0 Å². The molecule has 0 aliphatic heterocycles. The van der Waals surface area contributed by atoms with Crippen molar-refractivity contribution in [3.63, 3.8) is 0 Å². The number of hydrogen-bond acceptors (Lipinski definition) is 3. The molecule has 3 rings (SSSR count). The van der Waals surface area contributed by atoms with Crippen LogP contribution in [0.2, 0.25) is 0 Å². The van der Waals surface area contributed by atoms with Crippen molar-refractivity contribution in [2.24, 2.45) is 0 Å². The maximum atomic E-state index is 9.38. The molecule has 1 unspecified atom stereocenters. The Morgan fingerprint density at radius 1 is 1.09 bits per heavy atom. The molecule has 2 aromatic carbocycles. The average Bonchev–Trinajstić information content (AvgIpc) is 2.99. The molecule has 4 nitrogen and oxygen atoms in total. The summed E-state index contributed by atoms with van der Waals surface area (Å²) in [6.07, 6.45) is 0. The highest BCUT2D eigenvalue weighted by Gasteiger charge is 2.18. The smallest absolute Gasteiger partial charge is 0.124 e. The van der Waals surface area contributed by atoms with Gasteiger partial charge in [-0.3, -0.25) is 4.90 Å². The lowest BCUT2D eigenvalue weighted by atomic mass is 10.1. The van der Waals surface area contributed by atoms with Gasteiger partial charge in [-0.2, -0.15) is 0 Å². The third kappa shape index (κ3) is 3.18. The number of nitrogens with zero attached hydrogens (tertiary/aromatic N) is 2. The van der Waals surface area contributed by atoms with Gasteiger partial charge in [-0.15, -0.1) is 0 Å². The number of fused-ring (bicyclic) bond motifs is 1. The van der Waals surface area contributed by atoms with E-state index in [1.54, 1.807) is 0 Å². The molecule has 0 spiro atoms. The van der Waals surface area contributed by atoms with Gasteiger partial charge in [0.2, 0.25) is 0 Å². The average molecular weight is 295 g/mol. The summed E-state index contributed by atoms with van der Waals surface area (Å²) in [5.74, 6) is 0.936. The fraction of sp³-hybridized carbons (Fsp3) is 0.278. The zero-order valence-corrected chi connectivity index (χ0v) is 12.7. The van der Waals surface area contributed by atoms with Crippen LogP contribution in [-0.2, 0) is 6.54 Å². The van der Waals surface area contributed by atoms with Crippen LogP contribution in [0.5, 0.6) is 0 Å². The van der Waals surface area contributed by atoms with E-state index in [1.807, 2.05) is 42.5 Å². The second-order valence-electron chi connectivity index (χ2n) is 5.49. The van der Waals surface area contributed by atoms with Gasteiger partial charge in [0.1, 0.15) is 5.82 Å². The summed E-state index contributed by atoms with van der Waals surface area (Å²) in [7, 11) is 0. The van der Waals surface area contributed by atoms with Crippen molar-refractivity contribution in [2.45, 2.75) is 19.5 Å². The molecule has 0 fully saturated rings. The number of nitrogens with one attached hydrogen (secondary N) is 1. The lowest BCUT2D eigenvalue weighted by molar-refractivity contribution is 0.147. The molecule has 0 saturated carbocycles. The van der Waals surface area contributed by atoms with E-state index < -0.39 is 0 Å². The van der Waals surface area contributed by atoms with Crippen LogP contribution in [0, 0.1) is 0 Å². The molecule has 1 heterocycles. The lowest BCUT2D eigenvalue weighted by Crippen LogP contribution is -2.30. The van der Waals surface area contributed by atoms with Gasteiger partial charge in [-0.25, -0.2) is 4.98 Å². The van der Waals surface area contributed by atoms with E-state index in [9.17, 15) is 5.11 Å². The lowest BCUT2D eigenvalue weighted by Gasteiger charge is -2.27. The Bertz CT molecular complexity index is 690. The number of hydrogen-bond donors (Lipinski definition) is 2. The number of aliphatic hydroxyl groups excluding tert-OH is 1. The predicted molar refractivity (Wildman–Crippen MR) is 88.4 cm³/mol. The van der Waals surface area contributed by atoms with E-state index in [0.717, 1.165) is 23.4 Å². The normalized spacial score (nSPS) is 12.9. The molecular weight excluding hydrogens is 274 g/mol. The first-order valence-electron chi connectivity index (χ1n) is 7.61. The largest absolute Gasteiger partial charge is 0.395 e. The third-order valence-electron chi connectivity index (χ3n) is 3.97. The molecule has 1 aromatic heterocycles. The molecule has 0 saturated heterocycles. The molecule has 1 atom stereocenters. The van der Waals surface area contributed by atoms with E-state index in [4.69, 9.17) is 0 Å². The minimum Gasteiger partial charge on any atom is -0.395 e. The molecule has 2 N–H and O–H groups in total. The van der Waals surface area contributed by atoms with E-state index in [2.05, 4.69) is 33.9 Å². The fourth-order valence-electron chi connectivity index (χ4n) is 2.70. The van der Waals surface area contributed by atoms with Crippen LogP contribution >= 0.6 is 0 Å². The van der Waals surface area contributed by atoms with Crippen molar-refractivity contribution in [3.05, 3.63) is 66.0 Å². The minimum atomic E-state index is 0.111. The second kappa shape index (κ2) is 6.73. The predicted octanol–water partition coefficient (Wildman–Crippen LogP) is 3.12. The highest BCUT2D eigenvalue weighted by atomic mass is 16.3. The summed E-state index contributed by atoms with van der Waals surface area (Å²) >= 11 is 0. The van der Waals surface area contributed by atoms with Crippen LogP contribution < -0.4 is 0 Å².